The van der Waals surface area contributed by atoms with Gasteiger partial charge in [-0.2, -0.15) is 0 Å². The van der Waals surface area contributed by atoms with Gasteiger partial charge in [0.15, 0.2) is 0 Å². The fraction of sp³-hybridized carbons (Fsp3) is 0.160. The van der Waals surface area contributed by atoms with E-state index in [1.807, 2.05) is 54.6 Å². The highest BCUT2D eigenvalue weighted by molar-refractivity contribution is 7.99. The Kier molecular flexibility index (Phi) is 5.75. The van der Waals surface area contributed by atoms with Crippen molar-refractivity contribution in [3.63, 3.8) is 0 Å². The van der Waals surface area contributed by atoms with Gasteiger partial charge in [0.1, 0.15) is 11.5 Å². The third-order valence-electron chi connectivity index (χ3n) is 5.51. The van der Waals surface area contributed by atoms with Gasteiger partial charge < -0.3 is 9.47 Å². The van der Waals surface area contributed by atoms with Crippen LogP contribution in [-0.4, -0.2) is 25.2 Å². The van der Waals surface area contributed by atoms with E-state index in [0.717, 1.165) is 51.0 Å². The van der Waals surface area contributed by atoms with Gasteiger partial charge in [0, 0.05) is 46.0 Å². The molecule has 0 bridgehead atoms. The number of hydrogen-bond acceptors (Lipinski definition) is 6. The SMILES string of the molecule is COc1ccc(C2CC(c3ccc(-[n+]4cc(=O)o[nH]4)cc3)=Nc3ccccc3S2)c(OC)c1. The molecule has 0 amide bonds. The minimum Gasteiger partial charge on any atom is -0.497 e. The van der Waals surface area contributed by atoms with Crippen LogP contribution in [0.3, 0.4) is 0 Å². The molecule has 1 unspecified atom stereocenters. The van der Waals surface area contributed by atoms with E-state index in [2.05, 4.69) is 17.4 Å². The van der Waals surface area contributed by atoms with Gasteiger partial charge in [0.25, 0.3) is 6.20 Å². The maximum Gasteiger partial charge on any atom is 0.427 e. The smallest absolute Gasteiger partial charge is 0.427 e. The third kappa shape index (κ3) is 4.29. The summed E-state index contributed by atoms with van der Waals surface area (Å²) in [6.07, 6.45) is 2.08. The van der Waals surface area contributed by atoms with Crippen molar-refractivity contribution in [2.75, 3.05) is 14.2 Å². The number of H-pyrrole nitrogens is 1. The van der Waals surface area contributed by atoms with Gasteiger partial charge in [-0.05, 0) is 45.8 Å². The first-order chi connectivity index (χ1) is 16.1. The molecule has 2 heterocycles. The number of aromatic amines is 1. The average Bonchev–Trinajstić information content (AvgIpc) is 3.20. The fourth-order valence-corrected chi connectivity index (χ4v) is 5.11. The quantitative estimate of drug-likeness (QED) is 0.440. The second-order valence-corrected chi connectivity index (χ2v) is 8.75. The Hall–Kier alpha value is -3.78. The average molecular weight is 461 g/mol. The summed E-state index contributed by atoms with van der Waals surface area (Å²) in [6, 6.07) is 22.0. The van der Waals surface area contributed by atoms with Crippen LogP contribution in [0.25, 0.3) is 5.69 Å². The molecule has 0 saturated carbocycles. The first-order valence-electron chi connectivity index (χ1n) is 10.4. The van der Waals surface area contributed by atoms with Crippen LogP contribution in [0.1, 0.15) is 22.8 Å². The van der Waals surface area contributed by atoms with E-state index in [0.29, 0.717) is 0 Å². The number of para-hydroxylation sites is 1. The number of aliphatic imine (C=N–C) groups is 1. The van der Waals surface area contributed by atoms with Crippen molar-refractivity contribution in [3.05, 3.63) is 94.5 Å². The summed E-state index contributed by atoms with van der Waals surface area (Å²) in [7, 11) is 3.33. The highest BCUT2D eigenvalue weighted by atomic mass is 32.2. The molecule has 0 aliphatic carbocycles. The lowest BCUT2D eigenvalue weighted by atomic mass is 10.00. The van der Waals surface area contributed by atoms with Crippen LogP contribution in [0.5, 0.6) is 11.5 Å². The van der Waals surface area contributed by atoms with Gasteiger partial charge in [0.2, 0.25) is 5.69 Å². The second-order valence-electron chi connectivity index (χ2n) is 7.50. The molecule has 1 aromatic heterocycles. The Labute approximate surface area is 194 Å². The van der Waals surface area contributed by atoms with Crippen molar-refractivity contribution in [2.45, 2.75) is 16.6 Å². The Morgan fingerprint density at radius 2 is 1.88 bits per heavy atom. The summed E-state index contributed by atoms with van der Waals surface area (Å²) in [4.78, 5) is 17.5. The van der Waals surface area contributed by atoms with Crippen LogP contribution in [-0.2, 0) is 0 Å². The molecule has 4 aromatic rings. The van der Waals surface area contributed by atoms with E-state index >= 15 is 0 Å². The number of methoxy groups -OCH3 is 2. The summed E-state index contributed by atoms with van der Waals surface area (Å²) in [5.74, 6) is 1.55. The van der Waals surface area contributed by atoms with E-state index < -0.39 is 5.63 Å². The normalized spacial score (nSPS) is 15.3. The van der Waals surface area contributed by atoms with Crippen LogP contribution in [0, 0.1) is 0 Å². The molecule has 1 aliphatic heterocycles. The molecule has 8 heteroatoms. The number of fused-ring (bicyclic) bond motifs is 1. The molecule has 0 saturated heterocycles. The van der Waals surface area contributed by atoms with Crippen molar-refractivity contribution in [2.24, 2.45) is 4.99 Å². The Morgan fingerprint density at radius 3 is 2.61 bits per heavy atom. The first kappa shape index (κ1) is 21.1. The lowest BCUT2D eigenvalue weighted by molar-refractivity contribution is -0.670. The maximum absolute atomic E-state index is 11.3. The standard InChI is InChI=1S/C25H21N3O4S/c1-30-18-11-12-19(22(13-18)31-2)24-14-21(26-20-5-3-4-6-23(20)33-24)16-7-9-17(10-8-16)28-15-25(29)32-27-28/h3-13,15,24H,14H2,1-2H3/p+1. The van der Waals surface area contributed by atoms with E-state index in [9.17, 15) is 4.79 Å². The predicted molar refractivity (Wildman–Crippen MR) is 126 cm³/mol. The van der Waals surface area contributed by atoms with Crippen molar-refractivity contribution in [1.82, 2.24) is 5.27 Å². The highest BCUT2D eigenvalue weighted by Gasteiger charge is 2.25. The van der Waals surface area contributed by atoms with Crippen LogP contribution in [0.15, 0.2) is 92.1 Å². The molecular weight excluding hydrogens is 438 g/mol. The van der Waals surface area contributed by atoms with Gasteiger partial charge in [-0.15, -0.1) is 11.8 Å². The van der Waals surface area contributed by atoms with E-state index in [1.54, 1.807) is 26.0 Å². The third-order valence-corrected chi connectivity index (χ3v) is 6.82. The van der Waals surface area contributed by atoms with Crippen LogP contribution in [0.2, 0.25) is 0 Å². The molecule has 1 aliphatic rings. The Bertz CT molecular complexity index is 1370. The van der Waals surface area contributed by atoms with Gasteiger partial charge in [-0.3, -0.25) is 9.52 Å². The van der Waals surface area contributed by atoms with Crippen LogP contribution >= 0.6 is 11.8 Å². The van der Waals surface area contributed by atoms with Crippen molar-refractivity contribution >= 4 is 23.2 Å². The molecule has 5 rings (SSSR count). The van der Waals surface area contributed by atoms with Crippen LogP contribution in [0.4, 0.5) is 5.69 Å². The molecule has 3 aromatic carbocycles. The van der Waals surface area contributed by atoms with Gasteiger partial charge in [0.05, 0.1) is 19.9 Å². The summed E-state index contributed by atoms with van der Waals surface area (Å²) in [6.45, 7) is 0. The largest absolute Gasteiger partial charge is 0.497 e. The van der Waals surface area contributed by atoms with Gasteiger partial charge in [-0.25, -0.2) is 4.79 Å². The zero-order valence-electron chi connectivity index (χ0n) is 18.1. The number of nitrogens with one attached hydrogen (secondary N) is 1. The number of ether oxygens (including phenoxy) is 2. The molecule has 1 atom stereocenters. The maximum atomic E-state index is 11.3. The fourth-order valence-electron chi connectivity index (χ4n) is 3.84. The molecular formula is C25H22N3O4S+. The number of thioether (sulfide) groups is 1. The number of nitrogens with zero attached hydrogens (tertiary/aromatic N) is 2. The predicted octanol–water partition coefficient (Wildman–Crippen LogP) is 4.62. The number of benzene rings is 3. The zero-order valence-corrected chi connectivity index (χ0v) is 19.0. The van der Waals surface area contributed by atoms with Crippen LogP contribution < -0.4 is 19.8 Å². The second kappa shape index (κ2) is 8.99. The summed E-state index contributed by atoms with van der Waals surface area (Å²) < 4.78 is 17.4. The van der Waals surface area contributed by atoms with Gasteiger partial charge >= 0.3 is 5.63 Å². The summed E-state index contributed by atoms with van der Waals surface area (Å²) in [5.41, 5.74) is 4.40. The highest BCUT2D eigenvalue weighted by Crippen LogP contribution is 2.48. The Morgan fingerprint density at radius 1 is 1.06 bits per heavy atom. The minimum atomic E-state index is -0.433. The molecule has 0 spiro atoms. The van der Waals surface area contributed by atoms with Crippen molar-refractivity contribution < 1.29 is 18.7 Å². The molecule has 1 N–H and O–H groups in total. The van der Waals surface area contributed by atoms with Crippen molar-refractivity contribution in [1.29, 1.82) is 0 Å². The van der Waals surface area contributed by atoms with E-state index in [-0.39, 0.29) is 5.25 Å². The number of rotatable bonds is 5. The molecule has 166 valence electrons. The lowest BCUT2D eigenvalue weighted by Gasteiger charge is -2.19. The molecule has 7 nitrogen and oxygen atoms in total. The lowest BCUT2D eigenvalue weighted by Crippen LogP contribution is -2.32. The first-order valence-corrected chi connectivity index (χ1v) is 11.3. The minimum absolute atomic E-state index is 0.104. The molecule has 0 radical (unpaired) electrons. The Balaban J connectivity index is 1.54. The summed E-state index contributed by atoms with van der Waals surface area (Å²) >= 11 is 1.78. The zero-order chi connectivity index (χ0) is 22.8. The topological polar surface area (TPSA) is 80.7 Å². The monoisotopic (exact) mass is 460 g/mol. The number of aromatic nitrogens is 2. The van der Waals surface area contributed by atoms with E-state index in [1.165, 1.54) is 10.9 Å². The van der Waals surface area contributed by atoms with E-state index in [4.69, 9.17) is 19.0 Å². The molecule has 33 heavy (non-hydrogen) atoms. The van der Waals surface area contributed by atoms with Gasteiger partial charge in [-0.1, -0.05) is 18.2 Å². The number of hydrogen-bond donors (Lipinski definition) is 1. The summed E-state index contributed by atoms with van der Waals surface area (Å²) in [5, 5.41) is 2.67. The molecule has 0 fully saturated rings. The van der Waals surface area contributed by atoms with Crippen molar-refractivity contribution in [3.8, 4) is 17.2 Å².